The molecule has 1 aromatic carbocycles. The van der Waals surface area contributed by atoms with Crippen LogP contribution in [0.1, 0.15) is 17.4 Å². The summed E-state index contributed by atoms with van der Waals surface area (Å²) in [5.74, 6) is 0.505. The first-order valence-electron chi connectivity index (χ1n) is 4.68. The van der Waals surface area contributed by atoms with Crippen molar-refractivity contribution in [2.75, 3.05) is 6.61 Å². The van der Waals surface area contributed by atoms with E-state index < -0.39 is 0 Å². The molecule has 2 rings (SSSR count). The average molecular weight is 205 g/mol. The molecular weight excluding hydrogens is 194 g/mol. The Balaban J connectivity index is 2.57. The molecule has 0 radical (unpaired) electrons. The largest absolute Gasteiger partial charge is 0.504 e. The first-order chi connectivity index (χ1) is 7.24. The van der Waals surface area contributed by atoms with Crippen LogP contribution in [0.2, 0.25) is 0 Å². The van der Waals surface area contributed by atoms with E-state index in [9.17, 15) is 9.90 Å². The summed E-state index contributed by atoms with van der Waals surface area (Å²) >= 11 is 0. The average Bonchev–Trinajstić information content (AvgIpc) is 2.61. The van der Waals surface area contributed by atoms with Crippen LogP contribution in [0.25, 0.3) is 10.9 Å². The molecule has 0 unspecified atom stereocenters. The number of fused-ring (bicyclic) bond motifs is 1. The number of aromatic nitrogens is 1. The van der Waals surface area contributed by atoms with E-state index >= 15 is 0 Å². The van der Waals surface area contributed by atoms with Crippen LogP contribution in [-0.2, 0) is 0 Å². The van der Waals surface area contributed by atoms with Crippen molar-refractivity contribution in [2.45, 2.75) is 6.92 Å². The van der Waals surface area contributed by atoms with Gasteiger partial charge in [-0.25, -0.2) is 0 Å². The number of H-pyrrole nitrogens is 1. The molecule has 0 aliphatic heterocycles. The molecule has 1 heterocycles. The van der Waals surface area contributed by atoms with E-state index in [4.69, 9.17) is 4.74 Å². The van der Waals surface area contributed by atoms with E-state index in [0.29, 0.717) is 18.1 Å². The normalized spacial score (nSPS) is 10.5. The molecule has 0 saturated heterocycles. The van der Waals surface area contributed by atoms with Crippen molar-refractivity contribution in [3.8, 4) is 11.5 Å². The molecule has 0 atom stereocenters. The van der Waals surface area contributed by atoms with Gasteiger partial charge in [-0.05, 0) is 19.1 Å². The third-order valence-electron chi connectivity index (χ3n) is 2.15. The summed E-state index contributed by atoms with van der Waals surface area (Å²) in [6.07, 6.45) is 0.734. The first-order valence-corrected chi connectivity index (χ1v) is 4.68. The lowest BCUT2D eigenvalue weighted by Crippen LogP contribution is -1.91. The van der Waals surface area contributed by atoms with Crippen molar-refractivity contribution < 1.29 is 14.6 Å². The molecule has 0 aliphatic rings. The van der Waals surface area contributed by atoms with Gasteiger partial charge in [0.05, 0.1) is 12.3 Å². The number of phenolic OH excluding ortho intramolecular Hbond substituents is 1. The van der Waals surface area contributed by atoms with E-state index in [1.807, 2.05) is 6.92 Å². The summed E-state index contributed by atoms with van der Waals surface area (Å²) in [5.41, 5.74) is 1.20. The molecule has 0 spiro atoms. The van der Waals surface area contributed by atoms with Crippen LogP contribution in [0.15, 0.2) is 18.2 Å². The number of rotatable bonds is 3. The highest BCUT2D eigenvalue weighted by molar-refractivity contribution is 5.89. The van der Waals surface area contributed by atoms with Gasteiger partial charge in [0.2, 0.25) is 0 Å². The Kier molecular flexibility index (Phi) is 2.33. The number of hydrogen-bond acceptors (Lipinski definition) is 3. The smallest absolute Gasteiger partial charge is 0.166 e. The second-order valence-electron chi connectivity index (χ2n) is 3.18. The summed E-state index contributed by atoms with van der Waals surface area (Å²) in [5, 5.41) is 10.4. The Morgan fingerprint density at radius 1 is 1.47 bits per heavy atom. The SMILES string of the molecule is CCOc1cc2cc(C=O)[nH]c2cc1O. The van der Waals surface area contributed by atoms with Gasteiger partial charge in [-0.1, -0.05) is 0 Å². The number of phenols is 1. The van der Waals surface area contributed by atoms with Crippen LogP contribution in [0.3, 0.4) is 0 Å². The maximum Gasteiger partial charge on any atom is 0.166 e. The van der Waals surface area contributed by atoms with Crippen LogP contribution in [0.4, 0.5) is 0 Å². The van der Waals surface area contributed by atoms with Crippen molar-refractivity contribution in [2.24, 2.45) is 0 Å². The Labute approximate surface area is 86.5 Å². The first kappa shape index (κ1) is 9.58. The van der Waals surface area contributed by atoms with Crippen molar-refractivity contribution in [1.29, 1.82) is 0 Å². The van der Waals surface area contributed by atoms with Gasteiger partial charge in [-0.3, -0.25) is 4.79 Å². The molecule has 4 heteroatoms. The van der Waals surface area contributed by atoms with Gasteiger partial charge in [-0.2, -0.15) is 0 Å². The highest BCUT2D eigenvalue weighted by Gasteiger charge is 2.07. The lowest BCUT2D eigenvalue weighted by atomic mass is 10.2. The van der Waals surface area contributed by atoms with Crippen molar-refractivity contribution in [3.63, 3.8) is 0 Å². The summed E-state index contributed by atoms with van der Waals surface area (Å²) < 4.78 is 5.24. The number of ether oxygens (including phenoxy) is 1. The molecule has 0 saturated carbocycles. The summed E-state index contributed by atoms with van der Waals surface area (Å²) in [4.78, 5) is 13.4. The minimum atomic E-state index is 0.0728. The highest BCUT2D eigenvalue weighted by Crippen LogP contribution is 2.31. The Bertz CT molecular complexity index is 502. The second kappa shape index (κ2) is 3.65. The number of hydrogen-bond donors (Lipinski definition) is 2. The van der Waals surface area contributed by atoms with Gasteiger partial charge < -0.3 is 14.8 Å². The monoisotopic (exact) mass is 205 g/mol. The molecule has 78 valence electrons. The van der Waals surface area contributed by atoms with Gasteiger partial charge in [0.25, 0.3) is 0 Å². The Morgan fingerprint density at radius 3 is 2.93 bits per heavy atom. The molecule has 0 fully saturated rings. The molecule has 2 N–H and O–H groups in total. The van der Waals surface area contributed by atoms with E-state index in [0.717, 1.165) is 17.2 Å². The van der Waals surface area contributed by atoms with E-state index in [2.05, 4.69) is 4.98 Å². The Hall–Kier alpha value is -1.97. The number of carbonyl (C=O) groups is 1. The third kappa shape index (κ3) is 1.66. The van der Waals surface area contributed by atoms with Gasteiger partial charge in [0.15, 0.2) is 17.8 Å². The number of benzene rings is 1. The highest BCUT2D eigenvalue weighted by atomic mass is 16.5. The van der Waals surface area contributed by atoms with Crippen LogP contribution in [-0.4, -0.2) is 23.0 Å². The minimum Gasteiger partial charge on any atom is -0.504 e. The lowest BCUT2D eigenvalue weighted by molar-refractivity contribution is 0.112. The number of aromatic hydroxyl groups is 1. The van der Waals surface area contributed by atoms with Crippen LogP contribution >= 0.6 is 0 Å². The van der Waals surface area contributed by atoms with E-state index in [1.54, 1.807) is 18.2 Å². The number of nitrogens with one attached hydrogen (secondary N) is 1. The fourth-order valence-electron chi connectivity index (χ4n) is 1.51. The molecule has 0 amide bonds. The standard InChI is InChI=1S/C11H11NO3/c1-2-15-11-4-7-3-8(6-13)12-9(7)5-10(11)14/h3-6,12,14H,2H2,1H3. The Morgan fingerprint density at radius 2 is 2.27 bits per heavy atom. The predicted octanol–water partition coefficient (Wildman–Crippen LogP) is 2.08. The fraction of sp³-hybridized carbons (Fsp3) is 0.182. The van der Waals surface area contributed by atoms with Gasteiger partial charge >= 0.3 is 0 Å². The zero-order valence-corrected chi connectivity index (χ0v) is 8.28. The molecule has 15 heavy (non-hydrogen) atoms. The van der Waals surface area contributed by atoms with Crippen molar-refractivity contribution in [1.82, 2.24) is 4.98 Å². The molecule has 4 nitrogen and oxygen atoms in total. The minimum absolute atomic E-state index is 0.0728. The summed E-state index contributed by atoms with van der Waals surface area (Å²) in [6, 6.07) is 4.97. The second-order valence-corrected chi connectivity index (χ2v) is 3.18. The van der Waals surface area contributed by atoms with Crippen molar-refractivity contribution in [3.05, 3.63) is 23.9 Å². The molecular formula is C11H11NO3. The predicted molar refractivity (Wildman–Crippen MR) is 56.5 cm³/mol. The van der Waals surface area contributed by atoms with Crippen LogP contribution in [0, 0.1) is 0 Å². The van der Waals surface area contributed by atoms with Gasteiger partial charge in [0, 0.05) is 17.0 Å². The maximum atomic E-state index is 10.5. The van der Waals surface area contributed by atoms with Crippen LogP contribution < -0.4 is 4.74 Å². The quantitative estimate of drug-likeness (QED) is 0.754. The zero-order valence-electron chi connectivity index (χ0n) is 8.28. The maximum absolute atomic E-state index is 10.5. The van der Waals surface area contributed by atoms with Gasteiger partial charge in [0.1, 0.15) is 0 Å². The van der Waals surface area contributed by atoms with E-state index in [-0.39, 0.29) is 5.75 Å². The number of aldehydes is 1. The zero-order chi connectivity index (χ0) is 10.8. The van der Waals surface area contributed by atoms with Crippen LogP contribution in [0.5, 0.6) is 11.5 Å². The topological polar surface area (TPSA) is 62.3 Å². The third-order valence-corrected chi connectivity index (χ3v) is 2.15. The lowest BCUT2D eigenvalue weighted by Gasteiger charge is -2.04. The van der Waals surface area contributed by atoms with Gasteiger partial charge in [-0.15, -0.1) is 0 Å². The van der Waals surface area contributed by atoms with E-state index in [1.165, 1.54) is 0 Å². The molecule has 0 bridgehead atoms. The summed E-state index contributed by atoms with van der Waals surface area (Å²) in [6.45, 7) is 2.33. The molecule has 2 aromatic rings. The molecule has 0 aliphatic carbocycles. The van der Waals surface area contributed by atoms with Crippen molar-refractivity contribution >= 4 is 17.2 Å². The molecule has 1 aromatic heterocycles. The summed E-state index contributed by atoms with van der Waals surface area (Å²) in [7, 11) is 0. The number of aromatic amines is 1. The fourth-order valence-corrected chi connectivity index (χ4v) is 1.51. The number of carbonyl (C=O) groups excluding carboxylic acids is 1.